The second-order valence-electron chi connectivity index (χ2n) is 3.28. The highest BCUT2D eigenvalue weighted by Gasteiger charge is 2.16. The average molecular weight is 289 g/mol. The van der Waals surface area contributed by atoms with Gasteiger partial charge in [0.2, 0.25) is 10.1 Å². The molecule has 1 unspecified atom stereocenters. The number of rotatable bonds is 3. The van der Waals surface area contributed by atoms with Gasteiger partial charge in [0.05, 0.1) is 10.4 Å². The molecular weight excluding hydrogens is 280 g/mol. The van der Waals surface area contributed by atoms with E-state index < -0.39 is 0 Å². The number of nitrogens with two attached hydrogens (primary N) is 1. The van der Waals surface area contributed by atoms with E-state index in [2.05, 4.69) is 15.5 Å². The zero-order valence-electron chi connectivity index (χ0n) is 8.81. The van der Waals surface area contributed by atoms with Crippen molar-refractivity contribution in [2.24, 2.45) is 0 Å². The highest BCUT2D eigenvalue weighted by atomic mass is 35.5. The number of hydrogen-bond acceptors (Lipinski definition) is 6. The summed E-state index contributed by atoms with van der Waals surface area (Å²) in [7, 11) is 0. The lowest BCUT2D eigenvalue weighted by molar-refractivity contribution is 0.0939. The normalized spacial score (nSPS) is 12.4. The van der Waals surface area contributed by atoms with Gasteiger partial charge in [-0.05, 0) is 19.1 Å². The fourth-order valence-corrected chi connectivity index (χ4v) is 2.79. The van der Waals surface area contributed by atoms with E-state index in [1.165, 1.54) is 11.3 Å². The molecule has 2 aromatic heterocycles. The molecule has 5 nitrogen and oxygen atoms in total. The molecule has 0 fully saturated rings. The van der Waals surface area contributed by atoms with Gasteiger partial charge in [0.25, 0.3) is 5.91 Å². The molecule has 0 spiro atoms. The molecule has 0 aliphatic heterocycles. The molecule has 1 amide bonds. The molecule has 17 heavy (non-hydrogen) atoms. The number of carbonyl (C=O) groups excluding carboxylic acids is 1. The second kappa shape index (κ2) is 4.99. The Labute approximate surface area is 111 Å². The van der Waals surface area contributed by atoms with Crippen LogP contribution in [0.25, 0.3) is 0 Å². The summed E-state index contributed by atoms with van der Waals surface area (Å²) < 4.78 is 0.696. The van der Waals surface area contributed by atoms with Gasteiger partial charge in [-0.25, -0.2) is 0 Å². The second-order valence-corrected chi connectivity index (χ2v) is 6.04. The summed E-state index contributed by atoms with van der Waals surface area (Å²) in [6.07, 6.45) is 0. The number of hydrogen-bond donors (Lipinski definition) is 2. The molecule has 0 saturated heterocycles. The van der Waals surface area contributed by atoms with E-state index in [0.29, 0.717) is 4.34 Å². The molecule has 0 aliphatic rings. The van der Waals surface area contributed by atoms with Crippen LogP contribution in [0, 0.1) is 0 Å². The van der Waals surface area contributed by atoms with E-state index in [1.807, 2.05) is 13.0 Å². The predicted molar refractivity (Wildman–Crippen MR) is 69.5 cm³/mol. The minimum absolute atomic E-state index is 0.120. The summed E-state index contributed by atoms with van der Waals surface area (Å²) in [6.45, 7) is 1.88. The zero-order chi connectivity index (χ0) is 12.4. The number of aromatic nitrogens is 2. The molecule has 1 atom stereocenters. The Morgan fingerprint density at radius 1 is 1.47 bits per heavy atom. The van der Waals surface area contributed by atoms with Gasteiger partial charge < -0.3 is 11.1 Å². The van der Waals surface area contributed by atoms with Gasteiger partial charge in [-0.2, -0.15) is 0 Å². The third kappa shape index (κ3) is 2.93. The van der Waals surface area contributed by atoms with Gasteiger partial charge in [-0.3, -0.25) is 4.79 Å². The Hall–Kier alpha value is -1.18. The first-order valence-corrected chi connectivity index (χ1v) is 6.72. The summed E-state index contributed by atoms with van der Waals surface area (Å²) in [6, 6.07) is 3.56. The summed E-state index contributed by atoms with van der Waals surface area (Å²) in [5.41, 5.74) is 5.41. The van der Waals surface area contributed by atoms with Crippen LogP contribution in [0.4, 0.5) is 5.13 Å². The maximum absolute atomic E-state index is 11.8. The summed E-state index contributed by atoms with van der Waals surface area (Å²) in [5, 5.41) is 10.6. The first-order valence-electron chi connectivity index (χ1n) is 4.71. The van der Waals surface area contributed by atoms with Gasteiger partial charge in [0, 0.05) is 4.88 Å². The van der Waals surface area contributed by atoms with Gasteiger partial charge in [0.15, 0.2) is 0 Å². The van der Waals surface area contributed by atoms with E-state index in [-0.39, 0.29) is 22.1 Å². The number of nitrogens with one attached hydrogen (secondary N) is 1. The van der Waals surface area contributed by atoms with E-state index >= 15 is 0 Å². The first kappa shape index (κ1) is 12.3. The van der Waals surface area contributed by atoms with Crippen molar-refractivity contribution in [2.75, 3.05) is 5.73 Å². The maximum Gasteiger partial charge on any atom is 0.282 e. The third-order valence-corrected chi connectivity index (χ3v) is 4.17. The third-order valence-electron chi connectivity index (χ3n) is 2.00. The predicted octanol–water partition coefficient (Wildman–Crippen LogP) is 2.33. The molecule has 2 rings (SSSR count). The van der Waals surface area contributed by atoms with Crippen molar-refractivity contribution < 1.29 is 4.79 Å². The lowest BCUT2D eigenvalue weighted by Crippen LogP contribution is -2.25. The topological polar surface area (TPSA) is 80.9 Å². The molecule has 3 N–H and O–H groups in total. The molecule has 0 aromatic carbocycles. The average Bonchev–Trinajstić information content (AvgIpc) is 2.87. The fourth-order valence-electron chi connectivity index (χ4n) is 1.22. The molecule has 8 heteroatoms. The number of carbonyl (C=O) groups is 1. The molecule has 0 saturated carbocycles. The standard InChI is InChI=1S/C9H9ClN4OS2/c1-4(5-2-3-6(10)16-5)12-7(15)8-13-14-9(11)17-8/h2-4H,1H3,(H2,11,14)(H,12,15). The van der Waals surface area contributed by atoms with Crippen molar-refractivity contribution >= 4 is 45.3 Å². The van der Waals surface area contributed by atoms with Crippen molar-refractivity contribution in [3.8, 4) is 0 Å². The number of nitrogen functional groups attached to an aromatic ring is 1. The van der Waals surface area contributed by atoms with Crippen molar-refractivity contribution in [2.45, 2.75) is 13.0 Å². The number of halogens is 1. The molecular formula is C9H9ClN4OS2. The fraction of sp³-hybridized carbons (Fsp3) is 0.222. The SMILES string of the molecule is CC(NC(=O)c1nnc(N)s1)c1ccc(Cl)s1. The van der Waals surface area contributed by atoms with Gasteiger partial charge in [-0.15, -0.1) is 21.5 Å². The Bertz CT molecular complexity index is 539. The van der Waals surface area contributed by atoms with Crippen LogP contribution in [0.5, 0.6) is 0 Å². The molecule has 2 heterocycles. The van der Waals surface area contributed by atoms with E-state index in [1.54, 1.807) is 6.07 Å². The number of thiophene rings is 1. The van der Waals surface area contributed by atoms with Gasteiger partial charge in [-0.1, -0.05) is 22.9 Å². The van der Waals surface area contributed by atoms with Crippen LogP contribution in [0.3, 0.4) is 0 Å². The van der Waals surface area contributed by atoms with Crippen LogP contribution in [-0.4, -0.2) is 16.1 Å². The number of anilines is 1. The lowest BCUT2D eigenvalue weighted by atomic mass is 10.3. The molecule has 2 aromatic rings. The number of amides is 1. The van der Waals surface area contributed by atoms with E-state index in [0.717, 1.165) is 16.2 Å². The lowest BCUT2D eigenvalue weighted by Gasteiger charge is -2.09. The van der Waals surface area contributed by atoms with Crippen LogP contribution in [0.15, 0.2) is 12.1 Å². The van der Waals surface area contributed by atoms with Crippen LogP contribution in [-0.2, 0) is 0 Å². The molecule has 90 valence electrons. The zero-order valence-corrected chi connectivity index (χ0v) is 11.2. The van der Waals surface area contributed by atoms with Crippen molar-refractivity contribution in [3.05, 3.63) is 26.4 Å². The number of nitrogens with zero attached hydrogens (tertiary/aromatic N) is 2. The van der Waals surface area contributed by atoms with E-state index in [4.69, 9.17) is 17.3 Å². The Balaban J connectivity index is 2.04. The highest BCUT2D eigenvalue weighted by molar-refractivity contribution is 7.17. The molecule has 0 aliphatic carbocycles. The van der Waals surface area contributed by atoms with Crippen LogP contribution >= 0.6 is 34.3 Å². The maximum atomic E-state index is 11.8. The molecule has 0 bridgehead atoms. The first-order chi connectivity index (χ1) is 8.06. The van der Waals surface area contributed by atoms with Crippen LogP contribution in [0.1, 0.15) is 27.6 Å². The van der Waals surface area contributed by atoms with Gasteiger partial charge in [0.1, 0.15) is 0 Å². The Kier molecular flexibility index (Phi) is 3.60. The van der Waals surface area contributed by atoms with Crippen molar-refractivity contribution in [1.29, 1.82) is 0 Å². The quantitative estimate of drug-likeness (QED) is 0.908. The summed E-state index contributed by atoms with van der Waals surface area (Å²) >= 11 is 8.32. The highest BCUT2D eigenvalue weighted by Crippen LogP contribution is 2.26. The largest absolute Gasteiger partial charge is 0.374 e. The smallest absolute Gasteiger partial charge is 0.282 e. The summed E-state index contributed by atoms with van der Waals surface area (Å²) in [4.78, 5) is 12.7. The monoisotopic (exact) mass is 288 g/mol. The summed E-state index contributed by atoms with van der Waals surface area (Å²) in [5.74, 6) is -0.281. The Morgan fingerprint density at radius 2 is 2.24 bits per heavy atom. The Morgan fingerprint density at radius 3 is 2.76 bits per heavy atom. The van der Waals surface area contributed by atoms with Crippen LogP contribution in [0.2, 0.25) is 4.34 Å². The molecule has 0 radical (unpaired) electrons. The minimum Gasteiger partial charge on any atom is -0.374 e. The van der Waals surface area contributed by atoms with Crippen molar-refractivity contribution in [1.82, 2.24) is 15.5 Å². The van der Waals surface area contributed by atoms with Gasteiger partial charge >= 0.3 is 0 Å². The van der Waals surface area contributed by atoms with E-state index in [9.17, 15) is 4.79 Å². The van der Waals surface area contributed by atoms with Crippen LogP contribution < -0.4 is 11.1 Å². The van der Waals surface area contributed by atoms with Crippen molar-refractivity contribution in [3.63, 3.8) is 0 Å². The minimum atomic E-state index is -0.281.